The fraction of sp³-hybridized carbons (Fsp3) is 0. The molecular formula is C6H8N3+. The number of aromatic nitrogens is 1. The zero-order valence-electron chi connectivity index (χ0n) is 4.91. The molecule has 46 valence electrons. The van der Waals surface area contributed by atoms with Crippen molar-refractivity contribution in [3.05, 3.63) is 23.9 Å². The quantitative estimate of drug-likeness (QED) is 0.461. The second kappa shape index (κ2) is 2.26. The van der Waals surface area contributed by atoms with Crippen LogP contribution >= 0.6 is 0 Å². The van der Waals surface area contributed by atoms with E-state index in [1.54, 1.807) is 12.3 Å². The van der Waals surface area contributed by atoms with Gasteiger partial charge in [-0.1, -0.05) is 0 Å². The Morgan fingerprint density at radius 2 is 2.44 bits per heavy atom. The van der Waals surface area contributed by atoms with Crippen LogP contribution in [0.25, 0.3) is 0 Å². The molecule has 1 aromatic rings. The first kappa shape index (κ1) is 5.75. The molecule has 9 heavy (non-hydrogen) atoms. The summed E-state index contributed by atoms with van der Waals surface area (Å²) in [6.45, 7) is 0. The number of nitrogen functional groups attached to an aromatic ring is 1. The van der Waals surface area contributed by atoms with Crippen molar-refractivity contribution in [1.82, 2.24) is 4.98 Å². The second-order valence-corrected chi connectivity index (χ2v) is 1.64. The monoisotopic (exact) mass is 122 g/mol. The van der Waals surface area contributed by atoms with Gasteiger partial charge in [0.2, 0.25) is 0 Å². The topological polar surface area (TPSA) is 64.5 Å². The Morgan fingerprint density at radius 1 is 1.67 bits per heavy atom. The summed E-state index contributed by atoms with van der Waals surface area (Å²) in [7, 11) is 0. The van der Waals surface area contributed by atoms with Gasteiger partial charge in [0.05, 0.1) is 5.56 Å². The van der Waals surface area contributed by atoms with E-state index in [-0.39, 0.29) is 0 Å². The lowest BCUT2D eigenvalue weighted by Crippen LogP contribution is -2.30. The lowest BCUT2D eigenvalue weighted by atomic mass is 10.3. The highest BCUT2D eigenvalue weighted by Gasteiger charge is 1.93. The van der Waals surface area contributed by atoms with Gasteiger partial charge in [-0.3, -0.25) is 5.41 Å². The average molecular weight is 122 g/mol. The minimum Gasteiger partial charge on any atom is -0.383 e. The number of hydrogen-bond acceptors (Lipinski definition) is 2. The van der Waals surface area contributed by atoms with E-state index in [0.29, 0.717) is 5.82 Å². The maximum atomic E-state index is 5.41. The average Bonchev–Trinajstić information content (AvgIpc) is 1.89. The molecule has 0 saturated heterocycles. The third kappa shape index (κ3) is 1.05. The summed E-state index contributed by atoms with van der Waals surface area (Å²) in [4.78, 5) is 3.82. The molecule has 0 fully saturated rings. The van der Waals surface area contributed by atoms with Gasteiger partial charge < -0.3 is 5.73 Å². The second-order valence-electron chi connectivity index (χ2n) is 1.64. The van der Waals surface area contributed by atoms with Crippen LogP contribution in [0.15, 0.2) is 18.3 Å². The van der Waals surface area contributed by atoms with E-state index in [2.05, 4.69) is 4.98 Å². The van der Waals surface area contributed by atoms with Crippen molar-refractivity contribution >= 4 is 12.0 Å². The van der Waals surface area contributed by atoms with E-state index >= 15 is 0 Å². The molecule has 0 bridgehead atoms. The molecule has 3 nitrogen and oxygen atoms in total. The number of hydrogen-bond donors (Lipinski definition) is 2. The van der Waals surface area contributed by atoms with Crippen LogP contribution in [-0.4, -0.2) is 11.2 Å². The summed E-state index contributed by atoms with van der Waals surface area (Å²) in [6.07, 6.45) is 3.06. The molecule has 0 aliphatic rings. The van der Waals surface area contributed by atoms with Crippen molar-refractivity contribution in [2.24, 2.45) is 0 Å². The molecule has 1 heterocycles. The van der Waals surface area contributed by atoms with Gasteiger partial charge in [0, 0.05) is 6.20 Å². The predicted molar refractivity (Wildman–Crippen MR) is 35.7 cm³/mol. The van der Waals surface area contributed by atoms with Crippen LogP contribution in [0.5, 0.6) is 0 Å². The van der Waals surface area contributed by atoms with Crippen molar-refractivity contribution in [1.29, 1.82) is 0 Å². The van der Waals surface area contributed by atoms with Crippen molar-refractivity contribution in [3.8, 4) is 0 Å². The van der Waals surface area contributed by atoms with Crippen LogP contribution in [0.4, 0.5) is 5.82 Å². The SMILES string of the molecule is Nc1ncccc1C=[NH2+]. The first-order valence-corrected chi connectivity index (χ1v) is 2.60. The Bertz CT molecular complexity index is 219. The van der Waals surface area contributed by atoms with Gasteiger partial charge in [-0.25, -0.2) is 4.98 Å². The summed E-state index contributed by atoms with van der Waals surface area (Å²) < 4.78 is 0. The van der Waals surface area contributed by atoms with Gasteiger partial charge in [0.15, 0.2) is 6.21 Å². The third-order valence-corrected chi connectivity index (χ3v) is 1.05. The molecule has 0 aliphatic heterocycles. The number of nitrogens with zero attached hydrogens (tertiary/aromatic N) is 1. The Labute approximate surface area is 53.0 Å². The largest absolute Gasteiger partial charge is 0.383 e. The molecule has 1 rings (SSSR count). The van der Waals surface area contributed by atoms with Gasteiger partial charge in [-0.05, 0) is 12.1 Å². The first-order chi connectivity index (χ1) is 4.34. The van der Waals surface area contributed by atoms with Gasteiger partial charge in [-0.2, -0.15) is 0 Å². The molecule has 3 heteroatoms. The van der Waals surface area contributed by atoms with E-state index < -0.39 is 0 Å². The standard InChI is InChI=1S/C6H7N3/c7-4-5-2-1-3-9-6(5)8/h1-4,7H,(H2,8,9)/p+1. The summed E-state index contributed by atoms with van der Waals surface area (Å²) in [5.74, 6) is 0.472. The smallest absolute Gasteiger partial charge is 0.171 e. The molecule has 4 N–H and O–H groups in total. The molecule has 0 unspecified atom stereocenters. The molecular weight excluding hydrogens is 114 g/mol. The van der Waals surface area contributed by atoms with E-state index in [1.807, 2.05) is 6.07 Å². The van der Waals surface area contributed by atoms with Gasteiger partial charge >= 0.3 is 0 Å². The Kier molecular flexibility index (Phi) is 1.44. The first-order valence-electron chi connectivity index (χ1n) is 2.60. The Hall–Kier alpha value is -1.38. The fourth-order valence-electron chi connectivity index (χ4n) is 0.571. The lowest BCUT2D eigenvalue weighted by Gasteiger charge is -1.90. The molecule has 0 amide bonds. The molecule has 1 aromatic heterocycles. The van der Waals surface area contributed by atoms with Crippen LogP contribution in [0.3, 0.4) is 0 Å². The van der Waals surface area contributed by atoms with Crippen molar-refractivity contribution in [3.63, 3.8) is 0 Å². The zero-order valence-corrected chi connectivity index (χ0v) is 4.91. The maximum Gasteiger partial charge on any atom is 0.171 e. The minimum absolute atomic E-state index is 0.472. The number of anilines is 1. The van der Waals surface area contributed by atoms with Gasteiger partial charge in [0.25, 0.3) is 0 Å². The highest BCUT2D eigenvalue weighted by molar-refractivity contribution is 5.80. The third-order valence-electron chi connectivity index (χ3n) is 1.05. The van der Waals surface area contributed by atoms with Gasteiger partial charge in [-0.15, -0.1) is 0 Å². The van der Waals surface area contributed by atoms with E-state index in [0.717, 1.165) is 5.56 Å². The summed E-state index contributed by atoms with van der Waals surface area (Å²) in [5.41, 5.74) is 6.18. The number of pyridine rings is 1. The van der Waals surface area contributed by atoms with Crippen molar-refractivity contribution < 1.29 is 5.41 Å². The molecule has 0 aromatic carbocycles. The molecule has 0 aliphatic carbocycles. The van der Waals surface area contributed by atoms with Crippen LogP contribution < -0.4 is 11.1 Å². The highest BCUT2D eigenvalue weighted by atomic mass is 14.8. The molecule has 0 atom stereocenters. The normalized spacial score (nSPS) is 8.89. The van der Waals surface area contributed by atoms with Crippen molar-refractivity contribution in [2.45, 2.75) is 0 Å². The fourth-order valence-corrected chi connectivity index (χ4v) is 0.571. The minimum atomic E-state index is 0.472. The molecule has 0 saturated carbocycles. The lowest BCUT2D eigenvalue weighted by molar-refractivity contribution is -0.104. The highest BCUT2D eigenvalue weighted by Crippen LogP contribution is 2.00. The van der Waals surface area contributed by atoms with Crippen LogP contribution in [0.1, 0.15) is 5.56 Å². The number of rotatable bonds is 1. The van der Waals surface area contributed by atoms with E-state index in [9.17, 15) is 0 Å². The van der Waals surface area contributed by atoms with Crippen molar-refractivity contribution in [2.75, 3.05) is 5.73 Å². The Balaban J connectivity index is 3.15. The van der Waals surface area contributed by atoms with Gasteiger partial charge in [0.1, 0.15) is 5.82 Å². The molecule has 0 radical (unpaired) electrons. The van der Waals surface area contributed by atoms with Crippen LogP contribution in [0, 0.1) is 0 Å². The predicted octanol–water partition coefficient (Wildman–Crippen LogP) is -1.16. The molecule has 0 spiro atoms. The van der Waals surface area contributed by atoms with E-state index in [1.165, 1.54) is 6.21 Å². The summed E-state index contributed by atoms with van der Waals surface area (Å²) in [6, 6.07) is 3.59. The Morgan fingerprint density at radius 3 is 2.89 bits per heavy atom. The zero-order chi connectivity index (χ0) is 6.69. The summed E-state index contributed by atoms with van der Waals surface area (Å²) >= 11 is 0. The summed E-state index contributed by atoms with van der Waals surface area (Å²) in [5, 5.41) is 5.21. The van der Waals surface area contributed by atoms with Crippen LogP contribution in [0.2, 0.25) is 0 Å². The van der Waals surface area contributed by atoms with E-state index in [4.69, 9.17) is 11.1 Å². The maximum absolute atomic E-state index is 5.41. The van der Waals surface area contributed by atoms with Crippen LogP contribution in [-0.2, 0) is 0 Å². The number of nitrogens with two attached hydrogens (primary N) is 2.